The zero-order valence-corrected chi connectivity index (χ0v) is 13.1. The lowest BCUT2D eigenvalue weighted by Crippen LogP contribution is -2.09. The van der Waals surface area contributed by atoms with Crippen molar-refractivity contribution in [3.63, 3.8) is 0 Å². The Bertz CT molecular complexity index is 691. The Morgan fingerprint density at radius 3 is 2.85 bits per heavy atom. The van der Waals surface area contributed by atoms with Gasteiger partial charge in [-0.25, -0.2) is 0 Å². The van der Waals surface area contributed by atoms with E-state index in [0.717, 1.165) is 34.5 Å². The second-order valence-electron chi connectivity index (χ2n) is 5.16. The standard InChI is InChI=1S/C15H16BrN3O/c1-9-15(16)13(19(2)18-9)6-14(20)10-3-4-11-7-17-8-12(11)5-10/h3-5,17H,6-8H2,1-2H3. The first-order valence-corrected chi connectivity index (χ1v) is 7.39. The van der Waals surface area contributed by atoms with Gasteiger partial charge in [-0.15, -0.1) is 0 Å². The topological polar surface area (TPSA) is 46.9 Å². The van der Waals surface area contributed by atoms with Crippen LogP contribution in [-0.2, 0) is 26.6 Å². The van der Waals surface area contributed by atoms with E-state index >= 15 is 0 Å². The summed E-state index contributed by atoms with van der Waals surface area (Å²) in [5.41, 5.74) is 5.13. The van der Waals surface area contributed by atoms with E-state index in [-0.39, 0.29) is 5.78 Å². The van der Waals surface area contributed by atoms with Crippen LogP contribution >= 0.6 is 15.9 Å². The number of aromatic nitrogens is 2. The molecule has 20 heavy (non-hydrogen) atoms. The van der Waals surface area contributed by atoms with E-state index in [1.165, 1.54) is 11.1 Å². The Balaban J connectivity index is 1.86. The minimum atomic E-state index is 0.128. The molecule has 0 radical (unpaired) electrons. The predicted octanol–water partition coefficient (Wildman–Crippen LogP) is 2.52. The Labute approximate surface area is 126 Å². The van der Waals surface area contributed by atoms with E-state index in [2.05, 4.69) is 26.3 Å². The van der Waals surface area contributed by atoms with Gasteiger partial charge in [0.25, 0.3) is 0 Å². The van der Waals surface area contributed by atoms with Gasteiger partial charge in [-0.2, -0.15) is 5.10 Å². The number of fused-ring (bicyclic) bond motifs is 1. The molecule has 0 atom stereocenters. The fourth-order valence-electron chi connectivity index (χ4n) is 2.59. The minimum absolute atomic E-state index is 0.128. The number of nitrogens with zero attached hydrogens (tertiary/aromatic N) is 2. The molecule has 0 bridgehead atoms. The number of nitrogens with one attached hydrogen (secondary N) is 1. The molecule has 0 spiro atoms. The first kappa shape index (κ1) is 13.5. The van der Waals surface area contributed by atoms with Crippen molar-refractivity contribution < 1.29 is 4.79 Å². The number of Topliss-reactive ketones (excluding diaryl/α,β-unsaturated/α-hetero) is 1. The highest BCUT2D eigenvalue weighted by molar-refractivity contribution is 9.10. The third kappa shape index (κ3) is 2.31. The fraction of sp³-hybridized carbons (Fsp3) is 0.333. The lowest BCUT2D eigenvalue weighted by atomic mass is 10.0. The smallest absolute Gasteiger partial charge is 0.168 e. The molecule has 5 heteroatoms. The number of benzene rings is 1. The van der Waals surface area contributed by atoms with E-state index in [4.69, 9.17) is 0 Å². The van der Waals surface area contributed by atoms with Crippen molar-refractivity contribution in [1.29, 1.82) is 0 Å². The summed E-state index contributed by atoms with van der Waals surface area (Å²) < 4.78 is 2.70. The molecule has 0 saturated heterocycles. The van der Waals surface area contributed by atoms with Crippen molar-refractivity contribution in [3.05, 3.63) is 50.8 Å². The van der Waals surface area contributed by atoms with Gasteiger partial charge in [0.05, 0.1) is 22.3 Å². The van der Waals surface area contributed by atoms with Crippen molar-refractivity contribution in [2.75, 3.05) is 0 Å². The van der Waals surface area contributed by atoms with Gasteiger partial charge in [-0.3, -0.25) is 9.48 Å². The third-order valence-electron chi connectivity index (χ3n) is 3.75. The van der Waals surface area contributed by atoms with Crippen LogP contribution in [-0.4, -0.2) is 15.6 Å². The maximum absolute atomic E-state index is 12.4. The zero-order chi connectivity index (χ0) is 14.3. The van der Waals surface area contributed by atoms with Gasteiger partial charge in [-0.05, 0) is 40.0 Å². The molecule has 0 saturated carbocycles. The number of aryl methyl sites for hydroxylation is 2. The Morgan fingerprint density at radius 1 is 1.40 bits per heavy atom. The third-order valence-corrected chi connectivity index (χ3v) is 4.78. The molecule has 0 amide bonds. The van der Waals surface area contributed by atoms with E-state index in [1.54, 1.807) is 4.68 Å². The van der Waals surface area contributed by atoms with Gasteiger partial charge in [-0.1, -0.05) is 12.1 Å². The van der Waals surface area contributed by atoms with E-state index < -0.39 is 0 Å². The second kappa shape index (κ2) is 5.14. The summed E-state index contributed by atoms with van der Waals surface area (Å²) in [5.74, 6) is 0.128. The van der Waals surface area contributed by atoms with Gasteiger partial charge < -0.3 is 5.32 Å². The molecular weight excluding hydrogens is 318 g/mol. The molecule has 104 valence electrons. The molecule has 0 aliphatic carbocycles. The first-order chi connectivity index (χ1) is 9.56. The first-order valence-electron chi connectivity index (χ1n) is 6.60. The summed E-state index contributed by atoms with van der Waals surface area (Å²) in [6.45, 7) is 3.68. The number of halogens is 1. The summed E-state index contributed by atoms with van der Waals surface area (Å²) in [6, 6.07) is 5.98. The van der Waals surface area contributed by atoms with Crippen LogP contribution in [0.2, 0.25) is 0 Å². The summed E-state index contributed by atoms with van der Waals surface area (Å²) >= 11 is 3.51. The molecule has 1 aromatic carbocycles. The maximum atomic E-state index is 12.4. The van der Waals surface area contributed by atoms with Crippen molar-refractivity contribution in [2.24, 2.45) is 7.05 Å². The highest BCUT2D eigenvalue weighted by Gasteiger charge is 2.17. The molecule has 1 aromatic heterocycles. The Morgan fingerprint density at radius 2 is 2.15 bits per heavy atom. The van der Waals surface area contributed by atoms with Crippen LogP contribution in [0.25, 0.3) is 0 Å². The normalized spacial score (nSPS) is 13.6. The molecule has 0 fully saturated rings. The summed E-state index contributed by atoms with van der Waals surface area (Å²) in [5, 5.41) is 7.61. The van der Waals surface area contributed by atoms with E-state index in [1.807, 2.05) is 32.2 Å². The van der Waals surface area contributed by atoms with Gasteiger partial charge in [0.15, 0.2) is 5.78 Å². The van der Waals surface area contributed by atoms with Crippen LogP contribution in [0, 0.1) is 6.92 Å². The number of carbonyl (C=O) groups excluding carboxylic acids is 1. The van der Waals surface area contributed by atoms with Gasteiger partial charge >= 0.3 is 0 Å². The van der Waals surface area contributed by atoms with Crippen LogP contribution in [0.4, 0.5) is 0 Å². The maximum Gasteiger partial charge on any atom is 0.168 e. The largest absolute Gasteiger partial charge is 0.309 e. The number of hydrogen-bond donors (Lipinski definition) is 1. The number of hydrogen-bond acceptors (Lipinski definition) is 3. The highest BCUT2D eigenvalue weighted by Crippen LogP contribution is 2.23. The van der Waals surface area contributed by atoms with Crippen LogP contribution in [0.5, 0.6) is 0 Å². The van der Waals surface area contributed by atoms with Gasteiger partial charge in [0.1, 0.15) is 0 Å². The lowest BCUT2D eigenvalue weighted by Gasteiger charge is -2.05. The predicted molar refractivity (Wildman–Crippen MR) is 80.7 cm³/mol. The average Bonchev–Trinajstić information content (AvgIpc) is 2.98. The van der Waals surface area contributed by atoms with Crippen LogP contribution < -0.4 is 5.32 Å². The molecule has 2 heterocycles. The van der Waals surface area contributed by atoms with E-state index in [9.17, 15) is 4.79 Å². The Hall–Kier alpha value is -1.46. The van der Waals surface area contributed by atoms with Crippen LogP contribution in [0.15, 0.2) is 22.7 Å². The summed E-state index contributed by atoms with van der Waals surface area (Å²) in [4.78, 5) is 12.4. The zero-order valence-electron chi connectivity index (χ0n) is 11.5. The summed E-state index contributed by atoms with van der Waals surface area (Å²) in [6.07, 6.45) is 0.365. The van der Waals surface area contributed by atoms with Crippen LogP contribution in [0.3, 0.4) is 0 Å². The quantitative estimate of drug-likeness (QED) is 0.878. The molecule has 0 unspecified atom stereocenters. The molecular formula is C15H16BrN3O. The van der Waals surface area contributed by atoms with E-state index in [0.29, 0.717) is 6.42 Å². The fourth-order valence-corrected chi connectivity index (χ4v) is 3.07. The number of ketones is 1. The lowest BCUT2D eigenvalue weighted by molar-refractivity contribution is 0.0990. The molecule has 1 N–H and O–H groups in total. The molecule has 2 aromatic rings. The average molecular weight is 334 g/mol. The van der Waals surface area contributed by atoms with Crippen molar-refractivity contribution in [3.8, 4) is 0 Å². The monoisotopic (exact) mass is 333 g/mol. The number of rotatable bonds is 3. The van der Waals surface area contributed by atoms with Crippen molar-refractivity contribution >= 4 is 21.7 Å². The summed E-state index contributed by atoms with van der Waals surface area (Å²) in [7, 11) is 1.87. The minimum Gasteiger partial charge on any atom is -0.309 e. The van der Waals surface area contributed by atoms with Crippen molar-refractivity contribution in [1.82, 2.24) is 15.1 Å². The molecule has 4 nitrogen and oxygen atoms in total. The Kier molecular flexibility index (Phi) is 3.48. The highest BCUT2D eigenvalue weighted by atomic mass is 79.9. The SMILES string of the molecule is Cc1nn(C)c(CC(=O)c2ccc3c(c2)CNC3)c1Br. The van der Waals surface area contributed by atoms with Gasteiger partial charge in [0.2, 0.25) is 0 Å². The van der Waals surface area contributed by atoms with Crippen molar-refractivity contribution in [2.45, 2.75) is 26.4 Å². The van der Waals surface area contributed by atoms with Crippen LogP contribution in [0.1, 0.15) is 32.9 Å². The molecule has 3 rings (SSSR count). The second-order valence-corrected chi connectivity index (χ2v) is 5.95. The number of carbonyl (C=O) groups is 1. The molecule has 1 aliphatic heterocycles. The molecule has 1 aliphatic rings. The van der Waals surface area contributed by atoms with Gasteiger partial charge in [0, 0.05) is 25.7 Å².